The van der Waals surface area contributed by atoms with E-state index in [2.05, 4.69) is 10.3 Å². The van der Waals surface area contributed by atoms with Crippen molar-refractivity contribution < 1.29 is 23.6 Å². The summed E-state index contributed by atoms with van der Waals surface area (Å²) in [5.41, 5.74) is 5.62. The van der Waals surface area contributed by atoms with Gasteiger partial charge in [-0.25, -0.2) is 4.98 Å². The summed E-state index contributed by atoms with van der Waals surface area (Å²) in [5, 5.41) is 15.4. The van der Waals surface area contributed by atoms with Gasteiger partial charge < -0.3 is 16.2 Å². The van der Waals surface area contributed by atoms with Gasteiger partial charge in [-0.2, -0.15) is 0 Å². The molecule has 3 aromatic rings. The third kappa shape index (κ3) is 6.69. The molecule has 0 aliphatic rings. The van der Waals surface area contributed by atoms with Crippen LogP contribution in [-0.2, 0) is 17.6 Å². The molecular weight excluding hydrogens is 382 g/mol. The fourth-order valence-electron chi connectivity index (χ4n) is 2.40. The molecule has 6 heteroatoms. The Kier molecular flexibility index (Phi) is 4.03. The maximum Gasteiger partial charge on any atom is 0.230 e. The second-order valence-electron chi connectivity index (χ2n) is 6.10. The first kappa shape index (κ1) is 11.5. The van der Waals surface area contributed by atoms with Gasteiger partial charge in [-0.3, -0.25) is 4.79 Å². The predicted molar refractivity (Wildman–Crippen MR) is 119 cm³/mol. The topological polar surface area (TPSA) is 88.2 Å². The molecule has 0 bridgehead atoms. The number of hydrogen-bond donors (Lipinski definition) is 3. The van der Waals surface area contributed by atoms with E-state index in [0.29, 0.717) is 16.5 Å². The summed E-state index contributed by atoms with van der Waals surface area (Å²) in [6.07, 6.45) is -11.9. The first-order valence-corrected chi connectivity index (χ1v) is 9.62. The molecule has 1 amide bonds. The number of thiazole rings is 1. The van der Waals surface area contributed by atoms with Crippen LogP contribution in [0.3, 0.4) is 0 Å². The number of aliphatic hydroxyl groups is 1. The maximum atomic E-state index is 12.2. The lowest BCUT2D eigenvalue weighted by Gasteiger charge is -2.11. The number of anilines is 2. The van der Waals surface area contributed by atoms with Crippen molar-refractivity contribution in [2.45, 2.75) is 45.0 Å². The summed E-state index contributed by atoms with van der Waals surface area (Å²) in [7, 11) is 0. The van der Waals surface area contributed by atoms with E-state index in [9.17, 15) is 9.90 Å². The number of rotatable bonds is 9. The van der Waals surface area contributed by atoms with Crippen molar-refractivity contribution in [3.05, 3.63) is 76.2 Å². The maximum absolute atomic E-state index is 12.2. The zero-order chi connectivity index (χ0) is 29.5. The number of hydrogen-bond acceptors (Lipinski definition) is 5. The van der Waals surface area contributed by atoms with Gasteiger partial charge in [0, 0.05) is 19.3 Å². The highest BCUT2D eigenvalue weighted by atomic mass is 32.1. The second-order valence-corrected chi connectivity index (χ2v) is 6.99. The van der Waals surface area contributed by atoms with Crippen molar-refractivity contribution in [1.29, 1.82) is 0 Å². The van der Waals surface area contributed by atoms with Crippen LogP contribution in [0, 0.1) is 6.92 Å². The molecule has 3 rings (SSSR count). The molecule has 1 atom stereocenters. The molecule has 0 aliphatic heterocycles. The number of amides is 1. The van der Waals surface area contributed by atoms with Crippen LogP contribution in [0.2, 0.25) is 0 Å². The smallest absolute Gasteiger partial charge is 0.230 e. The van der Waals surface area contributed by atoms with Crippen LogP contribution in [0.15, 0.2) is 53.8 Å². The molecule has 5 nitrogen and oxygen atoms in total. The van der Waals surface area contributed by atoms with E-state index < -0.39 is 61.4 Å². The molecule has 4 N–H and O–H groups in total. The Morgan fingerprint density at radius 1 is 1.38 bits per heavy atom. The van der Waals surface area contributed by atoms with Crippen molar-refractivity contribution >= 4 is 28.1 Å². The highest BCUT2D eigenvalue weighted by Crippen LogP contribution is 2.21. The Labute approximate surface area is 189 Å². The fourth-order valence-corrected chi connectivity index (χ4v) is 2.96. The average Bonchev–Trinajstić information content (AvgIpc) is 3.25. The number of nitrogens with one attached hydrogen (secondary N) is 1. The Bertz CT molecular complexity index is 1350. The predicted octanol–water partition coefficient (Wildman–Crippen LogP) is 4.66. The number of aromatic nitrogens is 1. The minimum Gasteiger partial charge on any atom is -0.388 e. The zero-order valence-electron chi connectivity index (χ0n) is 25.7. The third-order valence-electron chi connectivity index (χ3n) is 3.74. The van der Waals surface area contributed by atoms with Gasteiger partial charge in [0.15, 0.2) is 5.13 Å². The number of aryl methyl sites for hydroxylation is 1. The number of nitrogen functional groups attached to an aromatic ring is 1. The Hall–Kier alpha value is -2.70. The van der Waals surface area contributed by atoms with E-state index in [4.69, 9.17) is 19.4 Å². The van der Waals surface area contributed by atoms with E-state index in [1.54, 1.807) is 5.38 Å². The lowest BCUT2D eigenvalue weighted by Crippen LogP contribution is -2.14. The number of nitrogens with two attached hydrogens (primary N) is 1. The quantitative estimate of drug-likeness (QED) is 0.471. The summed E-state index contributed by atoms with van der Waals surface area (Å²) < 4.78 is 82.2. The molecule has 0 saturated carbocycles. The van der Waals surface area contributed by atoms with Crippen molar-refractivity contribution in [2.75, 3.05) is 11.1 Å². The fraction of sp³-hybridized carbons (Fsp3) is 0.304. The van der Waals surface area contributed by atoms with Gasteiger partial charge >= 0.3 is 0 Å². The molecule has 0 saturated heterocycles. The van der Waals surface area contributed by atoms with E-state index in [1.807, 2.05) is 0 Å². The van der Waals surface area contributed by atoms with Gasteiger partial charge in [-0.05, 0) is 49.3 Å². The largest absolute Gasteiger partial charge is 0.388 e. The van der Waals surface area contributed by atoms with Gasteiger partial charge in [0.05, 0.1) is 23.7 Å². The highest BCUT2D eigenvalue weighted by Gasteiger charge is 2.08. The van der Waals surface area contributed by atoms with Crippen molar-refractivity contribution in [2.24, 2.45) is 0 Å². The number of nitrogens with zero attached hydrogens (tertiary/aromatic N) is 1. The van der Waals surface area contributed by atoms with E-state index in [-0.39, 0.29) is 23.5 Å². The first-order chi connectivity index (χ1) is 17.9. The zero-order valence-corrected chi connectivity index (χ0v) is 16.5. The normalized spacial score (nSPS) is 18.4. The number of benzene rings is 2. The molecule has 2 aromatic carbocycles. The van der Waals surface area contributed by atoms with Gasteiger partial charge in [-0.15, -0.1) is 11.3 Å². The SMILES string of the molecule is [2H]c1c([2H])c(C)c([2H])c([C@@H](O)C([2H])([2H])CC([2H])([2H])C([2H])([2H])c2ccc(NC(=O)Cc3csc(N)n3)cc2)c1[2H]. The molecule has 152 valence electrons. The first-order valence-electron chi connectivity index (χ1n) is 13.7. The van der Waals surface area contributed by atoms with Crippen LogP contribution >= 0.6 is 11.3 Å². The van der Waals surface area contributed by atoms with Crippen LogP contribution in [0.1, 0.15) is 61.4 Å². The summed E-state index contributed by atoms with van der Waals surface area (Å²) in [5.74, 6) is -0.388. The van der Waals surface area contributed by atoms with Gasteiger partial charge in [0.25, 0.3) is 0 Å². The van der Waals surface area contributed by atoms with Crippen LogP contribution in [-0.4, -0.2) is 16.0 Å². The van der Waals surface area contributed by atoms with Crippen molar-refractivity contribution in [1.82, 2.24) is 4.98 Å². The Balaban J connectivity index is 1.79. The monoisotopic (exact) mass is 419 g/mol. The molecule has 1 aromatic heterocycles. The summed E-state index contributed by atoms with van der Waals surface area (Å²) in [6.45, 7) is 1.33. The van der Waals surface area contributed by atoms with Gasteiger partial charge in [0.1, 0.15) is 0 Å². The average molecular weight is 420 g/mol. The molecule has 0 aliphatic carbocycles. The van der Waals surface area contributed by atoms with Crippen LogP contribution < -0.4 is 11.1 Å². The van der Waals surface area contributed by atoms with Crippen LogP contribution in [0.5, 0.6) is 0 Å². The number of aliphatic hydroxyl groups excluding tert-OH is 1. The molecular formula is C23H27N3O2S. The minimum atomic E-state index is -2.88. The molecule has 0 unspecified atom stereocenters. The Morgan fingerprint density at radius 2 is 2.17 bits per heavy atom. The van der Waals surface area contributed by atoms with E-state index in [1.165, 1.54) is 42.5 Å². The van der Waals surface area contributed by atoms with Crippen LogP contribution in [0.4, 0.5) is 10.8 Å². The van der Waals surface area contributed by atoms with E-state index >= 15 is 0 Å². The summed E-state index contributed by atoms with van der Waals surface area (Å²) in [6, 6.07) is 3.04. The summed E-state index contributed by atoms with van der Waals surface area (Å²) in [4.78, 5) is 16.2. The lowest BCUT2D eigenvalue weighted by atomic mass is 10.00. The lowest BCUT2D eigenvalue weighted by molar-refractivity contribution is -0.115. The highest BCUT2D eigenvalue weighted by molar-refractivity contribution is 7.13. The third-order valence-corrected chi connectivity index (χ3v) is 4.46. The molecule has 1 heterocycles. The van der Waals surface area contributed by atoms with Crippen molar-refractivity contribution in [3.8, 4) is 0 Å². The Morgan fingerprint density at radius 3 is 2.90 bits per heavy atom. The van der Waals surface area contributed by atoms with Crippen LogP contribution in [0.25, 0.3) is 0 Å². The molecule has 0 radical (unpaired) electrons. The minimum absolute atomic E-state index is 0.0257. The summed E-state index contributed by atoms with van der Waals surface area (Å²) >= 11 is 1.20. The number of carbonyl (C=O) groups excluding carboxylic acids is 1. The second kappa shape index (κ2) is 10.2. The molecule has 0 spiro atoms. The van der Waals surface area contributed by atoms with Crippen molar-refractivity contribution in [3.63, 3.8) is 0 Å². The van der Waals surface area contributed by atoms with Gasteiger partial charge in [-0.1, -0.05) is 48.3 Å². The standard InChI is InChI=1S/C23H27N3O2S/c1-16-5-4-7-18(13-16)21(27)8-3-2-6-17-9-11-19(12-10-17)25-22(28)14-20-15-29-23(24)26-20/h4-5,7,9-13,15,21,27H,2-3,6,8,14H2,1H3,(H2,24,26)(H,25,28)/t21-/m0/s1/i2D2,4D,5D,6D2,7D,8D2,13D. The molecule has 0 fully saturated rings. The number of carbonyl (C=O) groups is 1. The van der Waals surface area contributed by atoms with Gasteiger partial charge in [0.2, 0.25) is 5.91 Å². The van der Waals surface area contributed by atoms with E-state index in [0.717, 1.165) is 0 Å². The molecule has 29 heavy (non-hydrogen) atoms.